The van der Waals surface area contributed by atoms with Crippen LogP contribution in [0.15, 0.2) is 42.4 Å². The summed E-state index contributed by atoms with van der Waals surface area (Å²) in [6.07, 6.45) is 0. The van der Waals surface area contributed by atoms with Crippen molar-refractivity contribution in [1.82, 2.24) is 4.98 Å². The number of hydrogen-bond acceptors (Lipinski definition) is 0. The van der Waals surface area contributed by atoms with Crippen LogP contribution in [0, 0.1) is 0 Å². The summed E-state index contributed by atoms with van der Waals surface area (Å²) >= 11 is 5.91. The van der Waals surface area contributed by atoms with E-state index in [9.17, 15) is 0 Å². The summed E-state index contributed by atoms with van der Waals surface area (Å²) < 4.78 is 7.86. The molecule has 68 valence electrons. The largest absolute Gasteiger partial charge is 0.354 e. The average Bonchev–Trinajstić information content (AvgIpc) is 2.63. The second kappa shape index (κ2) is 2.76. The van der Waals surface area contributed by atoms with Crippen LogP contribution in [0.3, 0.4) is 0 Å². The number of H-pyrrole nitrogens is 1. The van der Waals surface area contributed by atoms with Gasteiger partial charge in [-0.3, -0.25) is 0 Å². The van der Waals surface area contributed by atoms with Crippen molar-refractivity contribution < 1.29 is 1.37 Å². The molecule has 0 fully saturated rings. The van der Waals surface area contributed by atoms with E-state index >= 15 is 0 Å². The summed E-state index contributed by atoms with van der Waals surface area (Å²) in [7, 11) is 0. The highest BCUT2D eigenvalue weighted by Crippen LogP contribution is 2.26. The van der Waals surface area contributed by atoms with Crippen molar-refractivity contribution in [2.45, 2.75) is 0 Å². The lowest BCUT2D eigenvalue weighted by Crippen LogP contribution is -1.66. The van der Waals surface area contributed by atoms with Crippen LogP contribution in [0.1, 0.15) is 1.37 Å². The molecule has 2 aromatic carbocycles. The molecule has 14 heavy (non-hydrogen) atoms. The van der Waals surface area contributed by atoms with Gasteiger partial charge in [0, 0.05) is 26.8 Å². The van der Waals surface area contributed by atoms with E-state index in [0.717, 1.165) is 21.8 Å². The maximum atomic E-state index is 7.86. The molecule has 2 heteroatoms. The predicted octanol–water partition coefficient (Wildman–Crippen LogP) is 3.97. The Balaban J connectivity index is 2.60. The first-order chi connectivity index (χ1) is 7.27. The van der Waals surface area contributed by atoms with E-state index in [0.29, 0.717) is 11.1 Å². The minimum atomic E-state index is 0.366. The van der Waals surface area contributed by atoms with Gasteiger partial charge < -0.3 is 4.98 Å². The molecule has 0 radical (unpaired) electrons. The highest BCUT2D eigenvalue weighted by molar-refractivity contribution is 6.31. The molecule has 3 aromatic rings. The van der Waals surface area contributed by atoms with Gasteiger partial charge in [0.2, 0.25) is 0 Å². The minimum Gasteiger partial charge on any atom is -0.354 e. The highest BCUT2D eigenvalue weighted by atomic mass is 35.5. The van der Waals surface area contributed by atoms with Crippen LogP contribution in [0.5, 0.6) is 0 Å². The van der Waals surface area contributed by atoms with Gasteiger partial charge in [-0.2, -0.15) is 0 Å². The summed E-state index contributed by atoms with van der Waals surface area (Å²) in [6, 6.07) is 12.1. The predicted molar refractivity (Wildman–Crippen MR) is 60.8 cm³/mol. The number of hydrogen-bond donors (Lipinski definition) is 1. The molecule has 0 aliphatic heterocycles. The fraction of sp³-hybridized carbons (Fsp3) is 0. The number of aromatic nitrogens is 1. The lowest BCUT2D eigenvalue weighted by atomic mass is 10.2. The van der Waals surface area contributed by atoms with E-state index in [1.54, 1.807) is 6.07 Å². The lowest BCUT2D eigenvalue weighted by Gasteiger charge is -1.90. The van der Waals surface area contributed by atoms with Gasteiger partial charge in [0.05, 0.1) is 1.37 Å². The zero-order valence-electron chi connectivity index (χ0n) is 8.34. The van der Waals surface area contributed by atoms with Gasteiger partial charge in [0.25, 0.3) is 0 Å². The second-order valence-electron chi connectivity index (χ2n) is 3.27. The molecule has 1 heterocycles. The summed E-state index contributed by atoms with van der Waals surface area (Å²) in [4.78, 5) is 3.22. The number of nitrogens with one attached hydrogen (secondary N) is 1. The SMILES string of the molecule is [2H]c1c(Cl)ccc2c1[nH]c1ccccc12. The Hall–Kier alpha value is -1.47. The van der Waals surface area contributed by atoms with Crippen molar-refractivity contribution in [3.05, 3.63) is 47.5 Å². The maximum absolute atomic E-state index is 7.86. The highest BCUT2D eigenvalue weighted by Gasteiger charge is 2.02. The Morgan fingerprint density at radius 3 is 2.71 bits per heavy atom. The van der Waals surface area contributed by atoms with Crippen molar-refractivity contribution in [1.29, 1.82) is 0 Å². The number of para-hydroxylation sites is 1. The number of benzene rings is 2. The third kappa shape index (κ3) is 1.03. The van der Waals surface area contributed by atoms with Gasteiger partial charge in [0.15, 0.2) is 0 Å². The summed E-state index contributed by atoms with van der Waals surface area (Å²) in [5, 5.41) is 2.67. The van der Waals surface area contributed by atoms with Crippen LogP contribution in [0.4, 0.5) is 0 Å². The van der Waals surface area contributed by atoms with E-state index in [1.807, 2.05) is 30.3 Å². The van der Waals surface area contributed by atoms with Gasteiger partial charge in [0.1, 0.15) is 0 Å². The van der Waals surface area contributed by atoms with E-state index in [1.165, 1.54) is 0 Å². The number of fused-ring (bicyclic) bond motifs is 3. The molecule has 0 amide bonds. The van der Waals surface area contributed by atoms with E-state index < -0.39 is 0 Å². The molecule has 1 N–H and O–H groups in total. The molecular weight excluding hydrogens is 194 g/mol. The zero-order valence-corrected chi connectivity index (χ0v) is 8.10. The first-order valence-corrected chi connectivity index (χ1v) is 4.80. The van der Waals surface area contributed by atoms with Crippen LogP contribution < -0.4 is 0 Å². The lowest BCUT2D eigenvalue weighted by molar-refractivity contribution is 1.55. The van der Waals surface area contributed by atoms with E-state index in [-0.39, 0.29) is 0 Å². The van der Waals surface area contributed by atoms with Gasteiger partial charge in [-0.15, -0.1) is 0 Å². The number of rotatable bonds is 0. The van der Waals surface area contributed by atoms with Crippen molar-refractivity contribution in [2.75, 3.05) is 0 Å². The van der Waals surface area contributed by atoms with E-state index in [4.69, 9.17) is 13.0 Å². The molecule has 3 rings (SSSR count). The fourth-order valence-electron chi connectivity index (χ4n) is 1.75. The summed E-state index contributed by atoms with van der Waals surface area (Å²) in [6.45, 7) is 0. The normalized spacial score (nSPS) is 12.2. The van der Waals surface area contributed by atoms with Crippen LogP contribution in [-0.2, 0) is 0 Å². The van der Waals surface area contributed by atoms with Crippen molar-refractivity contribution in [2.24, 2.45) is 0 Å². The molecule has 0 aliphatic rings. The molecule has 0 unspecified atom stereocenters. The standard InChI is InChI=1S/C12H8ClN/c13-8-5-6-10-9-3-1-2-4-11(9)14-12(10)7-8/h1-7,14H/i7D. The Morgan fingerprint density at radius 1 is 1.00 bits per heavy atom. The fourth-order valence-corrected chi connectivity index (χ4v) is 1.91. The number of halogens is 1. The van der Waals surface area contributed by atoms with E-state index in [2.05, 4.69) is 4.98 Å². The molecule has 1 nitrogen and oxygen atoms in total. The summed E-state index contributed by atoms with van der Waals surface area (Å²) in [5.74, 6) is 0. The molecular formula is C12H8ClN. The average molecular weight is 203 g/mol. The molecule has 0 bridgehead atoms. The molecule has 0 atom stereocenters. The first kappa shape index (κ1) is 6.91. The quantitative estimate of drug-likeness (QED) is 0.568. The molecule has 1 aromatic heterocycles. The van der Waals surface area contributed by atoms with Gasteiger partial charge >= 0.3 is 0 Å². The maximum Gasteiger partial charge on any atom is 0.0661 e. The molecule has 0 saturated carbocycles. The molecule has 0 saturated heterocycles. The number of aromatic amines is 1. The Morgan fingerprint density at radius 2 is 1.79 bits per heavy atom. The Bertz CT molecular complexity index is 657. The van der Waals surface area contributed by atoms with Crippen molar-refractivity contribution in [3.63, 3.8) is 0 Å². The first-order valence-electron chi connectivity index (χ1n) is 4.93. The smallest absolute Gasteiger partial charge is 0.0661 e. The third-order valence-corrected chi connectivity index (χ3v) is 2.61. The Kier molecular flexibility index (Phi) is 1.36. The third-order valence-electron chi connectivity index (χ3n) is 2.39. The van der Waals surface area contributed by atoms with Crippen LogP contribution in [0.2, 0.25) is 5.02 Å². The van der Waals surface area contributed by atoms with Crippen molar-refractivity contribution in [3.8, 4) is 0 Å². The Labute approximate surface area is 87.7 Å². The van der Waals surface area contributed by atoms with Crippen molar-refractivity contribution >= 4 is 33.4 Å². The summed E-state index contributed by atoms with van der Waals surface area (Å²) in [5.41, 5.74) is 1.85. The second-order valence-corrected chi connectivity index (χ2v) is 3.67. The van der Waals surface area contributed by atoms with Gasteiger partial charge in [-0.1, -0.05) is 35.9 Å². The monoisotopic (exact) mass is 202 g/mol. The van der Waals surface area contributed by atoms with Crippen LogP contribution in [0.25, 0.3) is 21.8 Å². The van der Waals surface area contributed by atoms with Gasteiger partial charge in [-0.25, -0.2) is 0 Å². The van der Waals surface area contributed by atoms with Gasteiger partial charge in [-0.05, 0) is 18.2 Å². The molecule has 0 aliphatic carbocycles. The van der Waals surface area contributed by atoms with Crippen LogP contribution >= 0.6 is 11.6 Å². The molecule has 0 spiro atoms. The minimum absolute atomic E-state index is 0.366. The zero-order chi connectivity index (χ0) is 10.4. The topological polar surface area (TPSA) is 15.8 Å². The van der Waals surface area contributed by atoms with Crippen LogP contribution in [-0.4, -0.2) is 4.98 Å².